The number of anilines is 2. The van der Waals surface area contributed by atoms with Crippen LogP contribution in [-0.4, -0.2) is 22.6 Å². The van der Waals surface area contributed by atoms with Gasteiger partial charge in [0.05, 0.1) is 0 Å². The standard InChI is InChI=1S/C17H20N4O/c1-5-8-18-15-7-6-14(20-21-15)17(22)19-16-12(3)9-11(2)10-13(16)4/h5-7,9-10H,1,8H2,2-4H3,(H,18,21)(H,19,22). The number of aryl methyl sites for hydroxylation is 3. The molecular weight excluding hydrogens is 276 g/mol. The molecule has 2 aromatic rings. The maximum atomic E-state index is 12.3. The zero-order valence-corrected chi connectivity index (χ0v) is 13.1. The Morgan fingerprint density at radius 3 is 2.41 bits per heavy atom. The Hall–Kier alpha value is -2.69. The first-order valence-electron chi connectivity index (χ1n) is 7.09. The highest BCUT2D eigenvalue weighted by atomic mass is 16.1. The lowest BCUT2D eigenvalue weighted by Gasteiger charge is -2.12. The first-order valence-corrected chi connectivity index (χ1v) is 7.09. The van der Waals surface area contributed by atoms with Crippen molar-refractivity contribution >= 4 is 17.4 Å². The van der Waals surface area contributed by atoms with Gasteiger partial charge in [-0.25, -0.2) is 0 Å². The zero-order valence-electron chi connectivity index (χ0n) is 13.1. The van der Waals surface area contributed by atoms with Crippen LogP contribution in [0.3, 0.4) is 0 Å². The molecule has 0 unspecified atom stereocenters. The van der Waals surface area contributed by atoms with Gasteiger partial charge in [-0.1, -0.05) is 23.8 Å². The summed E-state index contributed by atoms with van der Waals surface area (Å²) in [6.45, 7) is 10.2. The van der Waals surface area contributed by atoms with Gasteiger partial charge >= 0.3 is 0 Å². The van der Waals surface area contributed by atoms with Crippen LogP contribution < -0.4 is 10.6 Å². The fourth-order valence-electron chi connectivity index (χ4n) is 2.28. The van der Waals surface area contributed by atoms with Gasteiger partial charge in [0.25, 0.3) is 5.91 Å². The van der Waals surface area contributed by atoms with E-state index < -0.39 is 0 Å². The minimum atomic E-state index is -0.266. The lowest BCUT2D eigenvalue weighted by atomic mass is 10.1. The van der Waals surface area contributed by atoms with E-state index in [1.54, 1.807) is 18.2 Å². The van der Waals surface area contributed by atoms with Crippen molar-refractivity contribution in [2.75, 3.05) is 17.2 Å². The summed E-state index contributed by atoms with van der Waals surface area (Å²) in [5, 5.41) is 13.8. The summed E-state index contributed by atoms with van der Waals surface area (Å²) in [7, 11) is 0. The van der Waals surface area contributed by atoms with Crippen LogP contribution in [0.15, 0.2) is 36.9 Å². The van der Waals surface area contributed by atoms with E-state index in [1.165, 1.54) is 5.56 Å². The summed E-state index contributed by atoms with van der Waals surface area (Å²) >= 11 is 0. The molecule has 0 radical (unpaired) electrons. The largest absolute Gasteiger partial charge is 0.365 e. The summed E-state index contributed by atoms with van der Waals surface area (Å²) in [6, 6.07) is 7.44. The van der Waals surface area contributed by atoms with Crippen molar-refractivity contribution < 1.29 is 4.79 Å². The lowest BCUT2D eigenvalue weighted by Crippen LogP contribution is -2.16. The average molecular weight is 296 g/mol. The number of aromatic nitrogens is 2. The Kier molecular flexibility index (Phi) is 4.88. The molecule has 2 N–H and O–H groups in total. The predicted molar refractivity (Wildman–Crippen MR) is 89.3 cm³/mol. The maximum absolute atomic E-state index is 12.3. The normalized spacial score (nSPS) is 10.1. The van der Waals surface area contributed by atoms with Crippen molar-refractivity contribution in [3.05, 3.63) is 59.3 Å². The summed E-state index contributed by atoms with van der Waals surface area (Å²) in [5.74, 6) is 0.344. The molecule has 2 rings (SSSR count). The second-order valence-corrected chi connectivity index (χ2v) is 5.20. The maximum Gasteiger partial charge on any atom is 0.276 e. The van der Waals surface area contributed by atoms with Crippen LogP contribution in [0.2, 0.25) is 0 Å². The third kappa shape index (κ3) is 3.69. The predicted octanol–water partition coefficient (Wildman–Crippen LogP) is 3.25. The molecule has 0 aliphatic heterocycles. The van der Waals surface area contributed by atoms with Crippen LogP contribution in [0, 0.1) is 20.8 Å². The Bertz CT molecular complexity index is 669. The Labute approximate surface area is 130 Å². The molecule has 1 amide bonds. The van der Waals surface area contributed by atoms with Gasteiger partial charge in [0, 0.05) is 12.2 Å². The van der Waals surface area contributed by atoms with Gasteiger partial charge in [-0.15, -0.1) is 16.8 Å². The number of hydrogen-bond acceptors (Lipinski definition) is 4. The molecule has 0 spiro atoms. The van der Waals surface area contributed by atoms with Crippen LogP contribution in [0.4, 0.5) is 11.5 Å². The molecule has 5 nitrogen and oxygen atoms in total. The zero-order chi connectivity index (χ0) is 16.1. The smallest absolute Gasteiger partial charge is 0.276 e. The number of amides is 1. The van der Waals surface area contributed by atoms with Gasteiger partial charge in [-0.3, -0.25) is 4.79 Å². The molecule has 5 heteroatoms. The summed E-state index contributed by atoms with van der Waals surface area (Å²) in [4.78, 5) is 12.3. The second kappa shape index (κ2) is 6.85. The molecule has 1 aromatic heterocycles. The van der Waals surface area contributed by atoms with Crippen molar-refractivity contribution in [3.8, 4) is 0 Å². The highest BCUT2D eigenvalue weighted by Gasteiger charge is 2.12. The van der Waals surface area contributed by atoms with E-state index in [0.717, 1.165) is 16.8 Å². The minimum absolute atomic E-state index is 0.266. The molecule has 0 aliphatic rings. The van der Waals surface area contributed by atoms with Crippen molar-refractivity contribution in [1.29, 1.82) is 0 Å². The monoisotopic (exact) mass is 296 g/mol. The fourth-order valence-corrected chi connectivity index (χ4v) is 2.28. The molecular formula is C17H20N4O. The first kappa shape index (κ1) is 15.7. The topological polar surface area (TPSA) is 66.9 Å². The van der Waals surface area contributed by atoms with Crippen molar-refractivity contribution in [3.63, 3.8) is 0 Å². The lowest BCUT2D eigenvalue weighted by molar-refractivity contribution is 0.102. The van der Waals surface area contributed by atoms with Crippen molar-refractivity contribution in [2.45, 2.75) is 20.8 Å². The molecule has 0 saturated heterocycles. The van der Waals surface area contributed by atoms with E-state index in [-0.39, 0.29) is 11.6 Å². The van der Waals surface area contributed by atoms with Crippen LogP contribution in [0.1, 0.15) is 27.2 Å². The van der Waals surface area contributed by atoms with E-state index in [9.17, 15) is 4.79 Å². The molecule has 0 fully saturated rings. The van der Waals surface area contributed by atoms with E-state index in [4.69, 9.17) is 0 Å². The van der Waals surface area contributed by atoms with Crippen molar-refractivity contribution in [2.24, 2.45) is 0 Å². The summed E-state index contributed by atoms with van der Waals surface area (Å²) < 4.78 is 0. The molecule has 0 aliphatic carbocycles. The summed E-state index contributed by atoms with van der Waals surface area (Å²) in [5.41, 5.74) is 4.34. The van der Waals surface area contributed by atoms with E-state index in [1.807, 2.05) is 32.9 Å². The quantitative estimate of drug-likeness (QED) is 0.831. The fraction of sp³-hybridized carbons (Fsp3) is 0.235. The number of rotatable bonds is 5. The molecule has 1 aromatic carbocycles. The number of hydrogen-bond donors (Lipinski definition) is 2. The van der Waals surface area contributed by atoms with Crippen LogP contribution in [0.25, 0.3) is 0 Å². The van der Waals surface area contributed by atoms with Gasteiger partial charge in [-0.05, 0) is 44.0 Å². The van der Waals surface area contributed by atoms with Gasteiger partial charge in [-0.2, -0.15) is 0 Å². The van der Waals surface area contributed by atoms with Crippen LogP contribution in [0.5, 0.6) is 0 Å². The molecule has 22 heavy (non-hydrogen) atoms. The third-order valence-electron chi connectivity index (χ3n) is 3.24. The number of nitrogens with one attached hydrogen (secondary N) is 2. The van der Waals surface area contributed by atoms with E-state index in [2.05, 4.69) is 27.4 Å². The molecule has 0 bridgehead atoms. The second-order valence-electron chi connectivity index (χ2n) is 5.20. The molecule has 114 valence electrons. The van der Waals surface area contributed by atoms with E-state index in [0.29, 0.717) is 12.4 Å². The SMILES string of the molecule is C=CCNc1ccc(C(=O)Nc2c(C)cc(C)cc2C)nn1. The van der Waals surface area contributed by atoms with Gasteiger partial charge in [0.15, 0.2) is 5.69 Å². The Balaban J connectivity index is 2.14. The van der Waals surface area contributed by atoms with Gasteiger partial charge in [0.1, 0.15) is 5.82 Å². The number of carbonyl (C=O) groups excluding carboxylic acids is 1. The first-order chi connectivity index (χ1) is 10.5. The van der Waals surface area contributed by atoms with Gasteiger partial charge in [0.2, 0.25) is 0 Å². The molecule has 0 atom stereocenters. The molecule has 1 heterocycles. The Morgan fingerprint density at radius 2 is 1.86 bits per heavy atom. The Morgan fingerprint density at radius 1 is 1.18 bits per heavy atom. The van der Waals surface area contributed by atoms with Gasteiger partial charge < -0.3 is 10.6 Å². The molecule has 0 saturated carbocycles. The minimum Gasteiger partial charge on any atom is -0.365 e. The highest BCUT2D eigenvalue weighted by Crippen LogP contribution is 2.22. The number of carbonyl (C=O) groups is 1. The van der Waals surface area contributed by atoms with Crippen LogP contribution >= 0.6 is 0 Å². The van der Waals surface area contributed by atoms with Crippen molar-refractivity contribution in [1.82, 2.24) is 10.2 Å². The third-order valence-corrected chi connectivity index (χ3v) is 3.24. The summed E-state index contributed by atoms with van der Waals surface area (Å²) in [6.07, 6.45) is 1.73. The number of benzene rings is 1. The number of nitrogens with zero attached hydrogens (tertiary/aromatic N) is 2. The highest BCUT2D eigenvalue weighted by molar-refractivity contribution is 6.03. The van der Waals surface area contributed by atoms with E-state index >= 15 is 0 Å². The average Bonchev–Trinajstić information content (AvgIpc) is 2.49. The van der Waals surface area contributed by atoms with Crippen LogP contribution in [-0.2, 0) is 0 Å².